The van der Waals surface area contributed by atoms with Gasteiger partial charge in [0.05, 0.1) is 4.90 Å². The number of likely N-dealkylation sites (N-methyl/N-ethyl adjacent to an activating group) is 1. The molecular weight excluding hydrogens is 372 g/mol. The Hall–Kier alpha value is -1.71. The lowest BCUT2D eigenvalue weighted by Gasteiger charge is -2.24. The number of nitrogens with zero attached hydrogens (tertiary/aromatic N) is 1. The molecular formula is C14H17ClN4O3S2. The summed E-state index contributed by atoms with van der Waals surface area (Å²) in [4.78, 5) is 16.6. The van der Waals surface area contributed by atoms with E-state index in [0.29, 0.717) is 5.69 Å². The van der Waals surface area contributed by atoms with Crippen molar-refractivity contribution in [3.05, 3.63) is 35.0 Å². The molecule has 0 saturated carbocycles. The van der Waals surface area contributed by atoms with E-state index in [1.165, 1.54) is 30.9 Å². The molecule has 1 aliphatic rings. The first kappa shape index (κ1) is 18.6. The van der Waals surface area contributed by atoms with Crippen LogP contribution in [0.3, 0.4) is 0 Å². The molecule has 1 aromatic rings. The second-order valence-corrected chi connectivity index (χ2v) is 8.21. The van der Waals surface area contributed by atoms with Crippen LogP contribution >= 0.6 is 23.4 Å². The first-order valence-electron chi connectivity index (χ1n) is 6.82. The highest BCUT2D eigenvalue weighted by Gasteiger charge is 2.26. The van der Waals surface area contributed by atoms with Gasteiger partial charge in [0, 0.05) is 19.0 Å². The van der Waals surface area contributed by atoms with E-state index in [1.54, 1.807) is 12.1 Å². The molecule has 0 bridgehead atoms. The number of halogens is 1. The van der Waals surface area contributed by atoms with Gasteiger partial charge in [-0.15, -0.1) is 11.8 Å². The summed E-state index contributed by atoms with van der Waals surface area (Å²) in [7, 11) is -1.85. The molecule has 1 aromatic carbocycles. The van der Waals surface area contributed by atoms with E-state index >= 15 is 0 Å². The van der Waals surface area contributed by atoms with E-state index in [-0.39, 0.29) is 27.0 Å². The Morgan fingerprint density at radius 1 is 1.42 bits per heavy atom. The monoisotopic (exact) mass is 388 g/mol. The minimum absolute atomic E-state index is 0.161. The van der Waals surface area contributed by atoms with Crippen molar-refractivity contribution in [2.75, 3.05) is 24.9 Å². The molecule has 2 rings (SSSR count). The van der Waals surface area contributed by atoms with Crippen LogP contribution in [0, 0.1) is 0 Å². The smallest absolute Gasteiger partial charge is 0.257 e. The highest BCUT2D eigenvalue weighted by atomic mass is 35.5. The van der Waals surface area contributed by atoms with Crippen LogP contribution < -0.4 is 16.0 Å². The summed E-state index contributed by atoms with van der Waals surface area (Å²) in [5, 5.41) is 8.57. The van der Waals surface area contributed by atoms with Gasteiger partial charge >= 0.3 is 0 Å². The summed E-state index contributed by atoms with van der Waals surface area (Å²) in [6.45, 7) is 0. The molecule has 3 N–H and O–H groups in total. The number of hydrogen-bond acceptors (Lipinski definition) is 7. The maximum atomic E-state index is 12.1. The maximum absolute atomic E-state index is 12.1. The standard InChI is InChI=1S/C14H17ClN4O3S2/c1-16-13(20)10-11(15)18-14(23-2)19-12(10)17-8-5-4-6-9(7-8)24(3,21)22/h4-7,14,18H,1-3H3,(H,16,20)(H,17,19). The van der Waals surface area contributed by atoms with E-state index in [0.717, 1.165) is 6.26 Å². The average molecular weight is 389 g/mol. The second-order valence-electron chi connectivity index (χ2n) is 4.90. The molecule has 1 amide bonds. The molecule has 1 unspecified atom stereocenters. The number of hydrogen-bond donors (Lipinski definition) is 3. The summed E-state index contributed by atoms with van der Waals surface area (Å²) >= 11 is 7.58. The van der Waals surface area contributed by atoms with Gasteiger partial charge in [0.2, 0.25) is 0 Å². The lowest BCUT2D eigenvalue weighted by molar-refractivity contribution is -0.116. The summed E-state index contributed by atoms with van der Waals surface area (Å²) in [6, 6.07) is 6.27. The zero-order chi connectivity index (χ0) is 17.9. The number of amidine groups is 1. The van der Waals surface area contributed by atoms with Gasteiger partial charge in [0.25, 0.3) is 5.91 Å². The van der Waals surface area contributed by atoms with Crippen molar-refractivity contribution in [2.45, 2.75) is 10.4 Å². The predicted molar refractivity (Wildman–Crippen MR) is 98.0 cm³/mol. The molecule has 1 aliphatic heterocycles. The van der Waals surface area contributed by atoms with Crippen molar-refractivity contribution in [3.8, 4) is 0 Å². The molecule has 130 valence electrons. The van der Waals surface area contributed by atoms with Crippen molar-refractivity contribution in [3.63, 3.8) is 0 Å². The third kappa shape index (κ3) is 4.22. The number of amides is 1. The number of carbonyl (C=O) groups excluding carboxylic acids is 1. The van der Waals surface area contributed by atoms with Crippen molar-refractivity contribution in [1.29, 1.82) is 0 Å². The normalized spacial score (nSPS) is 17.8. The van der Waals surface area contributed by atoms with Crippen LogP contribution in [-0.2, 0) is 14.6 Å². The highest BCUT2D eigenvalue weighted by molar-refractivity contribution is 7.99. The molecule has 0 saturated heterocycles. The minimum atomic E-state index is -3.34. The van der Waals surface area contributed by atoms with E-state index in [9.17, 15) is 13.2 Å². The molecule has 0 fully saturated rings. The van der Waals surface area contributed by atoms with E-state index < -0.39 is 15.7 Å². The number of anilines is 1. The Morgan fingerprint density at radius 2 is 2.12 bits per heavy atom. The summed E-state index contributed by atoms with van der Waals surface area (Å²) < 4.78 is 23.4. The van der Waals surface area contributed by atoms with Crippen LogP contribution in [0.1, 0.15) is 0 Å². The second kappa shape index (κ2) is 7.45. The summed E-state index contributed by atoms with van der Waals surface area (Å²) in [6.07, 6.45) is 2.97. The number of aliphatic imine (C=N–C) groups is 1. The number of sulfone groups is 1. The van der Waals surface area contributed by atoms with Crippen molar-refractivity contribution < 1.29 is 13.2 Å². The largest absolute Gasteiger partial charge is 0.355 e. The number of thioether (sulfide) groups is 1. The van der Waals surface area contributed by atoms with Crippen LogP contribution in [-0.4, -0.2) is 45.2 Å². The van der Waals surface area contributed by atoms with Gasteiger partial charge < -0.3 is 16.0 Å². The first-order chi connectivity index (χ1) is 11.3. The van der Waals surface area contributed by atoms with Crippen LogP contribution in [0.4, 0.5) is 5.69 Å². The molecule has 1 heterocycles. The fourth-order valence-electron chi connectivity index (χ4n) is 1.98. The van der Waals surface area contributed by atoms with Crippen molar-refractivity contribution in [1.82, 2.24) is 10.6 Å². The number of carbonyl (C=O) groups is 1. The van der Waals surface area contributed by atoms with Gasteiger partial charge in [-0.3, -0.25) is 4.79 Å². The predicted octanol–water partition coefficient (Wildman–Crippen LogP) is 1.35. The van der Waals surface area contributed by atoms with Crippen LogP contribution in [0.2, 0.25) is 0 Å². The lowest BCUT2D eigenvalue weighted by Crippen LogP contribution is -2.38. The van der Waals surface area contributed by atoms with Crippen molar-refractivity contribution in [2.24, 2.45) is 4.99 Å². The molecule has 10 heteroatoms. The lowest BCUT2D eigenvalue weighted by atomic mass is 10.2. The van der Waals surface area contributed by atoms with Gasteiger partial charge in [-0.2, -0.15) is 0 Å². The third-order valence-electron chi connectivity index (χ3n) is 3.16. The van der Waals surface area contributed by atoms with E-state index in [2.05, 4.69) is 20.9 Å². The van der Waals surface area contributed by atoms with E-state index in [4.69, 9.17) is 11.6 Å². The van der Waals surface area contributed by atoms with Crippen LogP contribution in [0.25, 0.3) is 0 Å². The molecule has 0 aromatic heterocycles. The van der Waals surface area contributed by atoms with Gasteiger partial charge in [-0.1, -0.05) is 17.7 Å². The highest BCUT2D eigenvalue weighted by Crippen LogP contribution is 2.23. The molecule has 0 aliphatic carbocycles. The average Bonchev–Trinajstić information content (AvgIpc) is 2.53. The fraction of sp³-hybridized carbons (Fsp3) is 0.286. The molecule has 7 nitrogen and oxygen atoms in total. The van der Waals surface area contributed by atoms with Crippen LogP contribution in [0.5, 0.6) is 0 Å². The molecule has 0 radical (unpaired) electrons. The number of nitrogens with one attached hydrogen (secondary N) is 3. The number of rotatable bonds is 4. The fourth-order valence-corrected chi connectivity index (χ4v) is 3.44. The zero-order valence-corrected chi connectivity index (χ0v) is 15.6. The Bertz CT molecular complexity index is 821. The summed E-state index contributed by atoms with van der Waals surface area (Å²) in [5.41, 5.74) is 0.296. The maximum Gasteiger partial charge on any atom is 0.257 e. The summed E-state index contributed by atoms with van der Waals surface area (Å²) in [5.74, 6) is -0.138. The van der Waals surface area contributed by atoms with Gasteiger partial charge in [-0.05, 0) is 24.5 Å². The van der Waals surface area contributed by atoms with Gasteiger partial charge in [0.1, 0.15) is 16.6 Å². The Labute approximate surface area is 149 Å². The zero-order valence-electron chi connectivity index (χ0n) is 13.3. The number of benzene rings is 1. The van der Waals surface area contributed by atoms with Gasteiger partial charge in [0.15, 0.2) is 15.3 Å². The topological polar surface area (TPSA) is 99.7 Å². The van der Waals surface area contributed by atoms with E-state index in [1.807, 2.05) is 6.26 Å². The molecule has 1 atom stereocenters. The van der Waals surface area contributed by atoms with Crippen LogP contribution in [0.15, 0.2) is 44.9 Å². The Balaban J connectivity index is 2.41. The minimum Gasteiger partial charge on any atom is -0.355 e. The van der Waals surface area contributed by atoms with Gasteiger partial charge in [-0.25, -0.2) is 13.4 Å². The third-order valence-corrected chi connectivity index (χ3v) is 5.23. The Kier molecular flexibility index (Phi) is 5.79. The molecule has 24 heavy (non-hydrogen) atoms. The molecule has 0 spiro atoms. The SMILES string of the molecule is CNC(=O)C1=C(Cl)NC(SC)N=C1Nc1cccc(S(C)(=O)=O)c1. The van der Waals surface area contributed by atoms with Crippen molar-refractivity contribution >= 4 is 50.6 Å². The quantitative estimate of drug-likeness (QED) is 0.673. The Morgan fingerprint density at radius 3 is 2.71 bits per heavy atom. The first-order valence-corrected chi connectivity index (χ1v) is 10.4.